The maximum absolute atomic E-state index is 14.6. The molecule has 0 radical (unpaired) electrons. The van der Waals surface area contributed by atoms with Crippen molar-refractivity contribution in [1.29, 1.82) is 0 Å². The number of anilines is 1. The van der Waals surface area contributed by atoms with E-state index in [-0.39, 0.29) is 54.5 Å². The zero-order valence-corrected chi connectivity index (χ0v) is 23.1. The molecule has 0 bridgehead atoms. The molecule has 1 aromatic heterocycles. The van der Waals surface area contributed by atoms with Gasteiger partial charge in [0.2, 0.25) is 5.91 Å². The van der Waals surface area contributed by atoms with Gasteiger partial charge in [0.05, 0.1) is 5.69 Å². The van der Waals surface area contributed by atoms with Crippen LogP contribution in [0.25, 0.3) is 6.08 Å². The molecule has 3 aliphatic rings. The monoisotopic (exact) mass is 576 g/mol. The lowest BCUT2D eigenvalue weighted by Gasteiger charge is -2.34. The number of benzene rings is 1. The van der Waals surface area contributed by atoms with Gasteiger partial charge in [0.25, 0.3) is 0 Å². The first kappa shape index (κ1) is 28.1. The second-order valence-corrected chi connectivity index (χ2v) is 12.1. The van der Waals surface area contributed by atoms with E-state index in [1.807, 2.05) is 12.2 Å². The van der Waals surface area contributed by atoms with Gasteiger partial charge in [-0.05, 0) is 43.4 Å². The van der Waals surface area contributed by atoms with E-state index in [0.717, 1.165) is 11.8 Å². The first-order chi connectivity index (χ1) is 19.2. The van der Waals surface area contributed by atoms with Crippen molar-refractivity contribution in [2.75, 3.05) is 50.0 Å². The van der Waals surface area contributed by atoms with E-state index in [1.54, 1.807) is 15.7 Å². The number of nitrogens with one attached hydrogen (secondary N) is 3. The van der Waals surface area contributed by atoms with Crippen LogP contribution in [0.1, 0.15) is 48.9 Å². The Labute approximate surface area is 233 Å². The topological polar surface area (TPSA) is 120 Å². The van der Waals surface area contributed by atoms with Crippen LogP contribution in [0.15, 0.2) is 29.1 Å². The summed E-state index contributed by atoms with van der Waals surface area (Å²) in [5, 5.41) is 6.01. The van der Waals surface area contributed by atoms with Crippen molar-refractivity contribution >= 4 is 34.6 Å². The van der Waals surface area contributed by atoms with E-state index in [2.05, 4.69) is 15.6 Å². The van der Waals surface area contributed by atoms with Crippen LogP contribution in [0.5, 0.6) is 0 Å². The minimum absolute atomic E-state index is 0.0621. The number of fused-ring (bicyclic) bond motifs is 1. The smallest absolute Gasteiger partial charge is 0.327 e. The predicted molar refractivity (Wildman–Crippen MR) is 149 cm³/mol. The summed E-state index contributed by atoms with van der Waals surface area (Å²) in [6.07, 6.45) is 7.21. The Hall–Kier alpha value is -3.48. The van der Waals surface area contributed by atoms with Crippen LogP contribution in [0.4, 0.5) is 19.4 Å². The van der Waals surface area contributed by atoms with Gasteiger partial charge >= 0.3 is 11.7 Å². The van der Waals surface area contributed by atoms with E-state index >= 15 is 0 Å². The number of nitrogens with zero attached hydrogens (tertiary/aromatic N) is 3. The number of amides is 3. The average Bonchev–Trinajstić information content (AvgIpc) is 3.20. The summed E-state index contributed by atoms with van der Waals surface area (Å²) in [5.74, 6) is -1.72. The lowest BCUT2D eigenvalue weighted by atomic mass is 9.93. The zero-order valence-electron chi connectivity index (χ0n) is 22.3. The number of H-pyrrole nitrogens is 1. The molecule has 0 saturated carbocycles. The Morgan fingerprint density at radius 1 is 1.15 bits per heavy atom. The molecule has 13 heteroatoms. The van der Waals surface area contributed by atoms with E-state index in [9.17, 15) is 27.4 Å². The fraction of sp³-hybridized carbons (Fsp3) is 0.519. The van der Waals surface area contributed by atoms with Crippen molar-refractivity contribution in [3.63, 3.8) is 0 Å². The number of hydrogen-bond donors (Lipinski definition) is 3. The van der Waals surface area contributed by atoms with Crippen LogP contribution in [0.2, 0.25) is 0 Å². The number of aromatic nitrogens is 2. The number of hydrogen-bond acceptors (Lipinski definition) is 5. The normalized spacial score (nSPS) is 22.4. The van der Waals surface area contributed by atoms with Crippen LogP contribution < -0.4 is 16.3 Å². The lowest BCUT2D eigenvalue weighted by molar-refractivity contribution is -0.132. The molecule has 10 nitrogen and oxygen atoms in total. The van der Waals surface area contributed by atoms with Gasteiger partial charge in [-0.1, -0.05) is 18.2 Å². The predicted octanol–water partition coefficient (Wildman–Crippen LogP) is 2.39. The summed E-state index contributed by atoms with van der Waals surface area (Å²) >= 11 is 0. The van der Waals surface area contributed by atoms with Crippen LogP contribution >= 0.6 is 0 Å². The molecule has 3 aliphatic heterocycles. The molecule has 0 spiro atoms. The largest absolute Gasteiger partial charge is 0.366 e. The highest BCUT2D eigenvalue weighted by atomic mass is 32.2. The molecule has 40 heavy (non-hydrogen) atoms. The van der Waals surface area contributed by atoms with E-state index in [4.69, 9.17) is 0 Å². The molecule has 2 aromatic rings. The van der Waals surface area contributed by atoms with Gasteiger partial charge in [-0.2, -0.15) is 0 Å². The average molecular weight is 577 g/mol. The molecule has 1 unspecified atom stereocenters. The van der Waals surface area contributed by atoms with E-state index in [1.165, 1.54) is 17.0 Å². The van der Waals surface area contributed by atoms with Crippen molar-refractivity contribution in [3.8, 4) is 0 Å². The number of carbonyl (C=O) groups is 2. The summed E-state index contributed by atoms with van der Waals surface area (Å²) in [7, 11) is -1.15. The number of halogens is 2. The first-order valence-electron chi connectivity index (χ1n) is 13.6. The first-order valence-corrected chi connectivity index (χ1v) is 15.3. The Kier molecular flexibility index (Phi) is 8.38. The minimum atomic E-state index is -1.15. The van der Waals surface area contributed by atoms with Gasteiger partial charge < -0.3 is 20.4 Å². The second-order valence-electron chi connectivity index (χ2n) is 10.5. The third-order valence-electron chi connectivity index (χ3n) is 7.98. The number of piperidine rings is 1. The Morgan fingerprint density at radius 2 is 1.93 bits per heavy atom. The molecule has 4 heterocycles. The molecule has 2 fully saturated rings. The maximum atomic E-state index is 14.6. The van der Waals surface area contributed by atoms with Crippen molar-refractivity contribution in [2.45, 2.75) is 43.7 Å². The van der Waals surface area contributed by atoms with Gasteiger partial charge in [0, 0.05) is 67.5 Å². The number of urea groups is 1. The third-order valence-corrected chi connectivity index (χ3v) is 8.74. The number of likely N-dealkylation sites (tertiary alicyclic amines) is 2. The number of aromatic amines is 1. The Morgan fingerprint density at radius 3 is 2.67 bits per heavy atom. The SMILES string of the molecule is CS(=O)CCN1C[C@H](c2cccc(F)c2F)CC[C@@H](NC(=O)N2CCC(n3c4c([nH]c3=O)NCC=C4)CC2)C1=O. The lowest BCUT2D eigenvalue weighted by Crippen LogP contribution is -2.53. The molecular weight excluding hydrogens is 542 g/mol. The highest BCUT2D eigenvalue weighted by Crippen LogP contribution is 2.31. The summed E-state index contributed by atoms with van der Waals surface area (Å²) < 4.78 is 42.1. The quantitative estimate of drug-likeness (QED) is 0.488. The molecular formula is C27H34F2N6O4S. The summed E-state index contributed by atoms with van der Waals surface area (Å²) in [5.41, 5.74) is 0.811. The summed E-state index contributed by atoms with van der Waals surface area (Å²) in [4.78, 5) is 45.3. The fourth-order valence-electron chi connectivity index (χ4n) is 5.84. The Bertz CT molecular complexity index is 1380. The van der Waals surface area contributed by atoms with Crippen molar-refractivity contribution in [3.05, 3.63) is 57.7 Å². The van der Waals surface area contributed by atoms with Crippen molar-refractivity contribution in [2.24, 2.45) is 0 Å². The molecule has 2 saturated heterocycles. The second kappa shape index (κ2) is 11.9. The molecule has 3 N–H and O–H groups in total. The molecule has 1 aromatic carbocycles. The minimum Gasteiger partial charge on any atom is -0.366 e. The molecule has 0 aliphatic carbocycles. The highest BCUT2D eigenvalue weighted by molar-refractivity contribution is 7.84. The number of carbonyl (C=O) groups excluding carboxylic acids is 2. The van der Waals surface area contributed by atoms with Gasteiger partial charge in [0.1, 0.15) is 11.9 Å². The van der Waals surface area contributed by atoms with Crippen molar-refractivity contribution < 1.29 is 22.6 Å². The van der Waals surface area contributed by atoms with Gasteiger partial charge in [-0.25, -0.2) is 18.4 Å². The molecule has 216 valence electrons. The number of rotatable bonds is 6. The van der Waals surface area contributed by atoms with Crippen LogP contribution in [-0.2, 0) is 15.6 Å². The van der Waals surface area contributed by atoms with Gasteiger partial charge in [-0.3, -0.25) is 18.6 Å². The fourth-order valence-corrected chi connectivity index (χ4v) is 6.32. The molecule has 3 atom stereocenters. The van der Waals surface area contributed by atoms with Gasteiger partial charge in [-0.15, -0.1) is 0 Å². The van der Waals surface area contributed by atoms with Crippen LogP contribution in [0, 0.1) is 11.6 Å². The van der Waals surface area contributed by atoms with Crippen LogP contribution in [0.3, 0.4) is 0 Å². The summed E-state index contributed by atoms with van der Waals surface area (Å²) in [6.45, 7) is 1.81. The van der Waals surface area contributed by atoms with Crippen LogP contribution in [-0.4, -0.2) is 86.3 Å². The zero-order chi connectivity index (χ0) is 28.4. The Balaban J connectivity index is 1.25. The van der Waals surface area contributed by atoms with E-state index < -0.39 is 34.4 Å². The third kappa shape index (κ3) is 5.84. The van der Waals surface area contributed by atoms with Gasteiger partial charge in [0.15, 0.2) is 11.6 Å². The molecule has 5 rings (SSSR count). The standard InChI is InChI=1S/C27H34F2N6O4S/c1-40(39)15-14-34-16-17(19-4-2-5-20(28)23(19)29)7-8-21(25(34)36)31-26(37)33-12-9-18(10-13-33)35-22-6-3-11-30-24(22)32-27(35)38/h2-6,17-18,21,30H,7-16H2,1H3,(H,31,37)(H,32,38)/t17-,21-,40?/m1/s1. The van der Waals surface area contributed by atoms with Crippen molar-refractivity contribution in [1.82, 2.24) is 24.7 Å². The van der Waals surface area contributed by atoms with E-state index in [0.29, 0.717) is 44.7 Å². The maximum Gasteiger partial charge on any atom is 0.327 e. The summed E-state index contributed by atoms with van der Waals surface area (Å²) in [6, 6.07) is 2.74. The number of imidazole rings is 1. The highest BCUT2D eigenvalue weighted by Gasteiger charge is 2.35. The molecule has 3 amide bonds.